The summed E-state index contributed by atoms with van der Waals surface area (Å²) in [5.41, 5.74) is 6.24. The quantitative estimate of drug-likeness (QED) is 0.575. The molecule has 0 heterocycles. The minimum atomic E-state index is -0.542. The van der Waals surface area contributed by atoms with E-state index in [0.29, 0.717) is 11.3 Å². The van der Waals surface area contributed by atoms with Crippen molar-refractivity contribution in [3.8, 4) is 17.2 Å². The van der Waals surface area contributed by atoms with Gasteiger partial charge >= 0.3 is 0 Å². The van der Waals surface area contributed by atoms with Crippen molar-refractivity contribution in [3.05, 3.63) is 54.1 Å². The van der Waals surface area contributed by atoms with Crippen molar-refractivity contribution >= 4 is 11.6 Å². The molecule has 0 atom stereocenters. The van der Waals surface area contributed by atoms with E-state index in [1.54, 1.807) is 24.3 Å². The van der Waals surface area contributed by atoms with Crippen molar-refractivity contribution in [1.29, 1.82) is 0 Å². The second kappa shape index (κ2) is 6.42. The number of primary amides is 1. The lowest BCUT2D eigenvalue weighted by Crippen LogP contribution is -2.17. The molecule has 2 aromatic rings. The Morgan fingerprint density at radius 2 is 1.71 bits per heavy atom. The summed E-state index contributed by atoms with van der Waals surface area (Å²) in [6, 6.07) is 12.7. The molecule has 0 bridgehead atoms. The Morgan fingerprint density at radius 3 is 2.29 bits per heavy atom. The van der Waals surface area contributed by atoms with Gasteiger partial charge in [0.15, 0.2) is 5.75 Å². The van der Waals surface area contributed by atoms with Gasteiger partial charge in [-0.1, -0.05) is 35.5 Å². The summed E-state index contributed by atoms with van der Waals surface area (Å²) in [5.74, 6) is -0.710. The molecule has 21 heavy (non-hydrogen) atoms. The van der Waals surface area contributed by atoms with Gasteiger partial charge in [0, 0.05) is 18.2 Å². The number of benzene rings is 2. The summed E-state index contributed by atoms with van der Waals surface area (Å²) in [6.45, 7) is 0. The molecule has 0 saturated heterocycles. The van der Waals surface area contributed by atoms with Crippen LogP contribution in [-0.2, 0) is 4.79 Å². The third-order valence-corrected chi connectivity index (χ3v) is 2.59. The molecule has 0 unspecified atom stereocenters. The van der Waals surface area contributed by atoms with Gasteiger partial charge in [-0.25, -0.2) is 0 Å². The minimum absolute atomic E-state index is 0.0885. The van der Waals surface area contributed by atoms with Crippen LogP contribution in [0, 0.1) is 0 Å². The molecule has 6 heteroatoms. The van der Waals surface area contributed by atoms with Crippen LogP contribution in [0.15, 0.2) is 53.7 Å². The second-order valence-corrected chi connectivity index (χ2v) is 4.32. The minimum Gasteiger partial charge on any atom is -0.508 e. The van der Waals surface area contributed by atoms with E-state index in [4.69, 9.17) is 10.6 Å². The van der Waals surface area contributed by atoms with E-state index in [-0.39, 0.29) is 23.7 Å². The van der Waals surface area contributed by atoms with Crippen LogP contribution in [0.4, 0.5) is 0 Å². The number of carbonyl (C=O) groups is 1. The number of nitrogens with two attached hydrogens (primary N) is 1. The molecule has 0 aliphatic rings. The first kappa shape index (κ1) is 14.4. The molecule has 1 amide bonds. The second-order valence-electron chi connectivity index (χ2n) is 4.32. The Kier molecular flexibility index (Phi) is 4.40. The molecule has 0 spiro atoms. The molecule has 2 rings (SSSR count). The Bertz CT molecular complexity index is 648. The molecular weight excluding hydrogens is 272 g/mol. The number of hydrogen-bond donors (Lipinski definition) is 3. The average molecular weight is 286 g/mol. The molecule has 0 aliphatic carbocycles. The standard InChI is InChI=1S/C15H14N2O4/c16-15(20)9-14(10-4-2-1-3-5-10)17-21-13-7-11(18)6-12(19)8-13/h1-8,18-19H,9H2,(H2,16,20)/b17-14+. The first-order valence-corrected chi connectivity index (χ1v) is 6.15. The summed E-state index contributed by atoms with van der Waals surface area (Å²) >= 11 is 0. The van der Waals surface area contributed by atoms with Gasteiger partial charge in [-0.15, -0.1) is 0 Å². The SMILES string of the molecule is NC(=O)C/C(=N\Oc1cc(O)cc(O)c1)c1ccccc1. The van der Waals surface area contributed by atoms with E-state index in [2.05, 4.69) is 5.16 Å². The van der Waals surface area contributed by atoms with E-state index in [1.165, 1.54) is 12.1 Å². The molecular formula is C15H14N2O4. The fourth-order valence-electron chi connectivity index (χ4n) is 1.71. The Balaban J connectivity index is 2.26. The number of nitrogens with zero attached hydrogens (tertiary/aromatic N) is 1. The van der Waals surface area contributed by atoms with Crippen molar-refractivity contribution in [1.82, 2.24) is 0 Å². The zero-order valence-electron chi connectivity index (χ0n) is 11.1. The predicted octanol–water partition coefficient (Wildman–Crippen LogP) is 1.76. The van der Waals surface area contributed by atoms with Gasteiger partial charge < -0.3 is 20.8 Å². The van der Waals surface area contributed by atoms with Crippen LogP contribution in [0.5, 0.6) is 17.2 Å². The highest BCUT2D eigenvalue weighted by molar-refractivity contribution is 6.09. The first-order valence-electron chi connectivity index (χ1n) is 6.15. The van der Waals surface area contributed by atoms with E-state index in [0.717, 1.165) is 6.07 Å². The lowest BCUT2D eigenvalue weighted by molar-refractivity contribution is -0.116. The Labute approximate surface area is 121 Å². The maximum atomic E-state index is 11.1. The first-order chi connectivity index (χ1) is 10.0. The smallest absolute Gasteiger partial charge is 0.223 e. The lowest BCUT2D eigenvalue weighted by atomic mass is 10.1. The van der Waals surface area contributed by atoms with Crippen LogP contribution in [-0.4, -0.2) is 21.8 Å². The summed E-state index contributed by atoms with van der Waals surface area (Å²) < 4.78 is 0. The van der Waals surface area contributed by atoms with Crippen LogP contribution in [0.25, 0.3) is 0 Å². The number of amides is 1. The molecule has 6 nitrogen and oxygen atoms in total. The highest BCUT2D eigenvalue weighted by Crippen LogP contribution is 2.26. The van der Waals surface area contributed by atoms with Gasteiger partial charge in [0.25, 0.3) is 0 Å². The number of rotatable bonds is 5. The van der Waals surface area contributed by atoms with Gasteiger partial charge in [0.05, 0.1) is 12.1 Å². The molecule has 0 radical (unpaired) electrons. The maximum absolute atomic E-state index is 11.1. The number of phenols is 2. The summed E-state index contributed by atoms with van der Waals surface area (Å²) in [4.78, 5) is 16.3. The zero-order chi connectivity index (χ0) is 15.2. The molecule has 4 N–H and O–H groups in total. The van der Waals surface area contributed by atoms with E-state index < -0.39 is 5.91 Å². The molecule has 0 fully saturated rings. The maximum Gasteiger partial charge on any atom is 0.223 e. The molecule has 2 aromatic carbocycles. The number of phenolic OH excluding ortho intramolecular Hbond substituents is 2. The number of hydrogen-bond acceptors (Lipinski definition) is 5. The highest BCUT2D eigenvalue weighted by atomic mass is 16.6. The molecule has 0 saturated carbocycles. The molecule has 108 valence electrons. The predicted molar refractivity (Wildman–Crippen MR) is 77.2 cm³/mol. The Hall–Kier alpha value is -3.02. The van der Waals surface area contributed by atoms with Crippen molar-refractivity contribution in [2.75, 3.05) is 0 Å². The van der Waals surface area contributed by atoms with Crippen molar-refractivity contribution in [3.63, 3.8) is 0 Å². The van der Waals surface area contributed by atoms with Gasteiger partial charge in [-0.3, -0.25) is 4.79 Å². The highest BCUT2D eigenvalue weighted by Gasteiger charge is 2.09. The van der Waals surface area contributed by atoms with Crippen molar-refractivity contribution < 1.29 is 19.8 Å². The van der Waals surface area contributed by atoms with E-state index >= 15 is 0 Å². The average Bonchev–Trinajstić information content (AvgIpc) is 2.43. The normalized spacial score (nSPS) is 11.1. The fraction of sp³-hybridized carbons (Fsp3) is 0.0667. The number of aromatic hydroxyl groups is 2. The summed E-state index contributed by atoms with van der Waals surface area (Å²) in [7, 11) is 0. The topological polar surface area (TPSA) is 105 Å². The van der Waals surface area contributed by atoms with Crippen LogP contribution in [0.2, 0.25) is 0 Å². The van der Waals surface area contributed by atoms with Crippen LogP contribution in [0.1, 0.15) is 12.0 Å². The van der Waals surface area contributed by atoms with Crippen LogP contribution < -0.4 is 10.6 Å². The van der Waals surface area contributed by atoms with Crippen molar-refractivity contribution in [2.24, 2.45) is 10.9 Å². The van der Waals surface area contributed by atoms with Crippen LogP contribution in [0.3, 0.4) is 0 Å². The molecule has 0 aliphatic heterocycles. The number of carbonyl (C=O) groups excluding carboxylic acids is 1. The van der Waals surface area contributed by atoms with Crippen LogP contribution >= 0.6 is 0 Å². The monoisotopic (exact) mass is 286 g/mol. The molecule has 0 aromatic heterocycles. The van der Waals surface area contributed by atoms with E-state index in [9.17, 15) is 15.0 Å². The largest absolute Gasteiger partial charge is 0.508 e. The van der Waals surface area contributed by atoms with Crippen molar-refractivity contribution in [2.45, 2.75) is 6.42 Å². The van der Waals surface area contributed by atoms with Gasteiger partial charge in [0.2, 0.25) is 5.91 Å². The fourth-order valence-corrected chi connectivity index (χ4v) is 1.71. The Morgan fingerprint density at radius 1 is 1.10 bits per heavy atom. The summed E-state index contributed by atoms with van der Waals surface area (Å²) in [5, 5.41) is 22.6. The third-order valence-electron chi connectivity index (χ3n) is 2.59. The van der Waals surface area contributed by atoms with E-state index in [1.807, 2.05) is 6.07 Å². The lowest BCUT2D eigenvalue weighted by Gasteiger charge is -2.06. The van der Waals surface area contributed by atoms with Gasteiger partial charge in [0.1, 0.15) is 11.5 Å². The van der Waals surface area contributed by atoms with Gasteiger partial charge in [-0.2, -0.15) is 0 Å². The van der Waals surface area contributed by atoms with Gasteiger partial charge in [-0.05, 0) is 5.56 Å². The summed E-state index contributed by atoms with van der Waals surface area (Å²) in [6.07, 6.45) is -0.0885. The zero-order valence-corrected chi connectivity index (χ0v) is 11.1. The third kappa shape index (κ3) is 4.24. The number of oxime groups is 1.